The Morgan fingerprint density at radius 2 is 2.18 bits per heavy atom. The Morgan fingerprint density at radius 1 is 1.45 bits per heavy atom. The van der Waals surface area contributed by atoms with Crippen LogP contribution in [-0.4, -0.2) is 25.5 Å². The molecule has 0 aliphatic heterocycles. The van der Waals surface area contributed by atoms with E-state index in [-0.39, 0.29) is 0 Å². The minimum atomic E-state index is 0.589. The van der Waals surface area contributed by atoms with Crippen LogP contribution in [0.4, 0.5) is 0 Å². The summed E-state index contributed by atoms with van der Waals surface area (Å²) >= 11 is 0. The molecule has 1 amide bonds. The van der Waals surface area contributed by atoms with Crippen LogP contribution >= 0.6 is 0 Å². The second-order valence-corrected chi connectivity index (χ2v) is 2.69. The Morgan fingerprint density at radius 3 is 2.73 bits per heavy atom. The summed E-state index contributed by atoms with van der Waals surface area (Å²) in [7, 11) is 0. The predicted molar refractivity (Wildman–Crippen MR) is 46.4 cm³/mol. The summed E-state index contributed by atoms with van der Waals surface area (Å²) in [5, 5.41) is 5.95. The molecule has 0 saturated carbocycles. The van der Waals surface area contributed by atoms with Gasteiger partial charge in [-0.2, -0.15) is 0 Å². The van der Waals surface area contributed by atoms with Crippen molar-refractivity contribution in [3.05, 3.63) is 0 Å². The zero-order chi connectivity index (χ0) is 8.53. The third-order valence-electron chi connectivity index (χ3n) is 1.69. The molecule has 2 N–H and O–H groups in total. The second-order valence-electron chi connectivity index (χ2n) is 2.69. The summed E-state index contributed by atoms with van der Waals surface area (Å²) in [6, 6.07) is 0.589. The highest BCUT2D eigenvalue weighted by Crippen LogP contribution is 1.86. The van der Waals surface area contributed by atoms with Crippen LogP contribution in [-0.2, 0) is 4.79 Å². The number of amides is 1. The van der Waals surface area contributed by atoms with Gasteiger partial charge in [0.25, 0.3) is 0 Å². The van der Waals surface area contributed by atoms with E-state index in [1.807, 2.05) is 0 Å². The maximum atomic E-state index is 9.83. The van der Waals surface area contributed by atoms with Crippen LogP contribution in [0.3, 0.4) is 0 Å². The van der Waals surface area contributed by atoms with Gasteiger partial charge in [0, 0.05) is 12.6 Å². The van der Waals surface area contributed by atoms with E-state index in [1.54, 1.807) is 0 Å². The minimum absolute atomic E-state index is 0.589. The van der Waals surface area contributed by atoms with Gasteiger partial charge in [0.1, 0.15) is 0 Å². The average molecular weight is 158 g/mol. The van der Waals surface area contributed by atoms with E-state index in [2.05, 4.69) is 24.5 Å². The van der Waals surface area contributed by atoms with E-state index in [4.69, 9.17) is 0 Å². The lowest BCUT2D eigenvalue weighted by molar-refractivity contribution is -0.109. The van der Waals surface area contributed by atoms with E-state index in [0.717, 1.165) is 32.3 Å². The smallest absolute Gasteiger partial charge is 0.207 e. The van der Waals surface area contributed by atoms with Crippen LogP contribution in [0.1, 0.15) is 26.7 Å². The number of carbonyl (C=O) groups is 1. The lowest BCUT2D eigenvalue weighted by Crippen LogP contribution is -2.28. The summed E-state index contributed by atoms with van der Waals surface area (Å²) in [6.07, 6.45) is 2.90. The first-order valence-electron chi connectivity index (χ1n) is 4.21. The fourth-order valence-corrected chi connectivity index (χ4v) is 0.742. The van der Waals surface area contributed by atoms with Gasteiger partial charge < -0.3 is 10.6 Å². The number of hydrogen-bond acceptors (Lipinski definition) is 2. The van der Waals surface area contributed by atoms with Crippen molar-refractivity contribution in [3.8, 4) is 0 Å². The van der Waals surface area contributed by atoms with Crippen molar-refractivity contribution < 1.29 is 4.79 Å². The molecule has 0 heterocycles. The summed E-state index contributed by atoms with van der Waals surface area (Å²) in [4.78, 5) is 9.83. The molecule has 0 bridgehead atoms. The molecule has 0 spiro atoms. The summed E-state index contributed by atoms with van der Waals surface area (Å²) < 4.78 is 0. The molecule has 0 aromatic heterocycles. The molecule has 66 valence electrons. The Labute approximate surface area is 68.6 Å². The predicted octanol–water partition coefficient (Wildman–Crippen LogP) is 0.511. The molecule has 1 unspecified atom stereocenters. The minimum Gasteiger partial charge on any atom is -0.359 e. The van der Waals surface area contributed by atoms with Gasteiger partial charge >= 0.3 is 0 Å². The maximum Gasteiger partial charge on any atom is 0.207 e. The van der Waals surface area contributed by atoms with E-state index >= 15 is 0 Å². The van der Waals surface area contributed by atoms with Crippen molar-refractivity contribution in [3.63, 3.8) is 0 Å². The number of hydrogen-bond donors (Lipinski definition) is 2. The zero-order valence-corrected chi connectivity index (χ0v) is 7.39. The molecule has 11 heavy (non-hydrogen) atoms. The largest absolute Gasteiger partial charge is 0.359 e. The highest BCUT2D eigenvalue weighted by atomic mass is 16.1. The number of rotatable bonds is 7. The molecule has 3 nitrogen and oxygen atoms in total. The highest BCUT2D eigenvalue weighted by molar-refractivity contribution is 5.45. The molecule has 0 aliphatic carbocycles. The van der Waals surface area contributed by atoms with Crippen LogP contribution in [0.25, 0.3) is 0 Å². The van der Waals surface area contributed by atoms with E-state index in [0.29, 0.717) is 6.04 Å². The third kappa shape index (κ3) is 7.33. The molecule has 0 aromatic carbocycles. The van der Waals surface area contributed by atoms with Crippen molar-refractivity contribution in [2.45, 2.75) is 32.7 Å². The average Bonchev–Trinajstić information content (AvgIpc) is 2.04. The molecule has 0 radical (unpaired) electrons. The topological polar surface area (TPSA) is 41.1 Å². The van der Waals surface area contributed by atoms with Gasteiger partial charge in [-0.1, -0.05) is 6.92 Å². The molecule has 0 aliphatic rings. The lowest BCUT2D eigenvalue weighted by Gasteiger charge is -2.09. The monoisotopic (exact) mass is 158 g/mol. The Kier molecular flexibility index (Phi) is 7.15. The number of carbonyl (C=O) groups excluding carboxylic acids is 1. The number of nitrogens with one attached hydrogen (secondary N) is 2. The summed E-state index contributed by atoms with van der Waals surface area (Å²) in [5.41, 5.74) is 0. The van der Waals surface area contributed by atoms with Crippen LogP contribution in [0.15, 0.2) is 0 Å². The first kappa shape index (κ1) is 10.4. The van der Waals surface area contributed by atoms with Crippen molar-refractivity contribution in [1.82, 2.24) is 10.6 Å². The normalized spacial score (nSPS) is 12.5. The van der Waals surface area contributed by atoms with Gasteiger partial charge in [0.05, 0.1) is 0 Å². The SMILES string of the molecule is CCC(C)NCCCNC=O. The van der Waals surface area contributed by atoms with Gasteiger partial charge in [-0.15, -0.1) is 0 Å². The second kappa shape index (κ2) is 7.54. The molecule has 1 atom stereocenters. The van der Waals surface area contributed by atoms with E-state index < -0.39 is 0 Å². The Balaban J connectivity index is 2.95. The molecular weight excluding hydrogens is 140 g/mol. The molecule has 0 rings (SSSR count). The van der Waals surface area contributed by atoms with Gasteiger partial charge in [0.15, 0.2) is 0 Å². The molecule has 0 aromatic rings. The van der Waals surface area contributed by atoms with Gasteiger partial charge in [-0.25, -0.2) is 0 Å². The van der Waals surface area contributed by atoms with Crippen LogP contribution in [0, 0.1) is 0 Å². The zero-order valence-electron chi connectivity index (χ0n) is 7.39. The standard InChI is InChI=1S/C8H18N2O/c1-3-8(2)10-6-4-5-9-7-11/h7-8,10H,3-6H2,1-2H3,(H,9,11). The van der Waals surface area contributed by atoms with Gasteiger partial charge in [-0.3, -0.25) is 4.79 Å². The van der Waals surface area contributed by atoms with E-state index in [9.17, 15) is 4.79 Å². The fraction of sp³-hybridized carbons (Fsp3) is 0.875. The van der Waals surface area contributed by atoms with Crippen LogP contribution < -0.4 is 10.6 Å². The Bertz CT molecular complexity index is 96.1. The first-order valence-corrected chi connectivity index (χ1v) is 4.21. The first-order chi connectivity index (χ1) is 5.31. The maximum absolute atomic E-state index is 9.83. The Hall–Kier alpha value is -0.570. The van der Waals surface area contributed by atoms with E-state index in [1.165, 1.54) is 0 Å². The molecular formula is C8H18N2O. The highest BCUT2D eigenvalue weighted by Gasteiger charge is 1.94. The van der Waals surface area contributed by atoms with Crippen molar-refractivity contribution in [1.29, 1.82) is 0 Å². The lowest BCUT2D eigenvalue weighted by atomic mass is 10.2. The summed E-state index contributed by atoms with van der Waals surface area (Å²) in [5.74, 6) is 0. The molecule has 0 saturated heterocycles. The van der Waals surface area contributed by atoms with Gasteiger partial charge in [-0.05, 0) is 26.3 Å². The molecule has 0 fully saturated rings. The van der Waals surface area contributed by atoms with Crippen LogP contribution in [0.2, 0.25) is 0 Å². The van der Waals surface area contributed by atoms with Crippen molar-refractivity contribution in [2.24, 2.45) is 0 Å². The van der Waals surface area contributed by atoms with Crippen molar-refractivity contribution in [2.75, 3.05) is 13.1 Å². The summed E-state index contributed by atoms with van der Waals surface area (Å²) in [6.45, 7) is 6.07. The quantitative estimate of drug-likeness (QED) is 0.419. The molecule has 3 heteroatoms. The van der Waals surface area contributed by atoms with Crippen LogP contribution in [0.5, 0.6) is 0 Å². The third-order valence-corrected chi connectivity index (χ3v) is 1.69. The van der Waals surface area contributed by atoms with Gasteiger partial charge in [0.2, 0.25) is 6.41 Å². The van der Waals surface area contributed by atoms with Crippen molar-refractivity contribution >= 4 is 6.41 Å². The fourth-order valence-electron chi connectivity index (χ4n) is 0.742.